The Morgan fingerprint density at radius 3 is 2.76 bits per heavy atom. The summed E-state index contributed by atoms with van der Waals surface area (Å²) < 4.78 is 9.86. The molecule has 21 heavy (non-hydrogen) atoms. The molecule has 0 aliphatic carbocycles. The number of esters is 1. The van der Waals surface area contributed by atoms with E-state index in [2.05, 4.69) is 5.32 Å². The van der Waals surface area contributed by atoms with Crippen LogP contribution in [0.5, 0.6) is 0 Å². The Morgan fingerprint density at radius 1 is 1.43 bits per heavy atom. The number of carbonyl (C=O) groups excluding carboxylic acids is 1. The Bertz CT molecular complexity index is 459. The monoisotopic (exact) mass is 295 g/mol. The van der Waals surface area contributed by atoms with Gasteiger partial charge in [-0.05, 0) is 31.5 Å². The minimum atomic E-state index is -0.838. The third-order valence-electron chi connectivity index (χ3n) is 3.31. The van der Waals surface area contributed by atoms with Crippen molar-refractivity contribution in [2.75, 3.05) is 20.8 Å². The minimum Gasteiger partial charge on any atom is -0.465 e. The lowest BCUT2D eigenvalue weighted by molar-refractivity contribution is -0.00548. The van der Waals surface area contributed by atoms with Crippen molar-refractivity contribution in [3.63, 3.8) is 0 Å². The first-order valence-electron chi connectivity index (χ1n) is 7.01. The molecule has 0 saturated heterocycles. The Balaban J connectivity index is 2.50. The fraction of sp³-hybridized carbons (Fsp3) is 0.562. The van der Waals surface area contributed by atoms with E-state index in [4.69, 9.17) is 9.47 Å². The van der Waals surface area contributed by atoms with Crippen LogP contribution in [0.1, 0.15) is 36.2 Å². The zero-order chi connectivity index (χ0) is 15.9. The molecule has 0 heterocycles. The zero-order valence-electron chi connectivity index (χ0n) is 13.2. The van der Waals surface area contributed by atoms with E-state index in [9.17, 15) is 9.90 Å². The predicted octanol–water partition coefficient (Wildman–Crippen LogP) is 1.74. The maximum Gasteiger partial charge on any atom is 0.337 e. The second-order valence-corrected chi connectivity index (χ2v) is 5.54. The normalized spacial score (nSPS) is 15.3. The van der Waals surface area contributed by atoms with E-state index in [0.29, 0.717) is 25.1 Å². The van der Waals surface area contributed by atoms with Crippen LogP contribution in [0.3, 0.4) is 0 Å². The molecule has 1 aromatic rings. The molecule has 0 bridgehead atoms. The van der Waals surface area contributed by atoms with Gasteiger partial charge in [0.1, 0.15) is 0 Å². The summed E-state index contributed by atoms with van der Waals surface area (Å²) >= 11 is 0. The summed E-state index contributed by atoms with van der Waals surface area (Å²) in [5.74, 6) is -0.349. The van der Waals surface area contributed by atoms with Crippen LogP contribution in [0, 0.1) is 0 Å². The van der Waals surface area contributed by atoms with E-state index in [1.807, 2.05) is 19.1 Å². The van der Waals surface area contributed by atoms with Crippen molar-refractivity contribution in [3.05, 3.63) is 35.4 Å². The van der Waals surface area contributed by atoms with Gasteiger partial charge in [-0.3, -0.25) is 0 Å². The van der Waals surface area contributed by atoms with Crippen LogP contribution in [0.4, 0.5) is 0 Å². The van der Waals surface area contributed by atoms with E-state index in [0.717, 1.165) is 5.56 Å². The van der Waals surface area contributed by atoms with Gasteiger partial charge in [-0.25, -0.2) is 4.79 Å². The molecule has 0 amide bonds. The molecule has 5 heteroatoms. The summed E-state index contributed by atoms with van der Waals surface area (Å²) in [5, 5.41) is 13.5. The summed E-state index contributed by atoms with van der Waals surface area (Å²) in [7, 11) is 2.99. The fourth-order valence-electron chi connectivity index (χ4n) is 2.18. The highest BCUT2D eigenvalue weighted by atomic mass is 16.5. The summed E-state index contributed by atoms with van der Waals surface area (Å²) in [6.45, 7) is 4.72. The molecule has 0 spiro atoms. The highest BCUT2D eigenvalue weighted by Crippen LogP contribution is 2.13. The highest BCUT2D eigenvalue weighted by molar-refractivity contribution is 5.89. The van der Waals surface area contributed by atoms with Crippen molar-refractivity contribution in [3.8, 4) is 0 Å². The number of carbonyl (C=O) groups is 1. The van der Waals surface area contributed by atoms with E-state index in [-0.39, 0.29) is 12.1 Å². The molecule has 1 aromatic carbocycles. The van der Waals surface area contributed by atoms with Gasteiger partial charge >= 0.3 is 5.97 Å². The Labute approximate surface area is 126 Å². The van der Waals surface area contributed by atoms with Gasteiger partial charge in [0, 0.05) is 26.6 Å². The van der Waals surface area contributed by atoms with Gasteiger partial charge in [0.2, 0.25) is 0 Å². The van der Waals surface area contributed by atoms with Crippen molar-refractivity contribution >= 4 is 5.97 Å². The maximum absolute atomic E-state index is 11.5. The van der Waals surface area contributed by atoms with E-state index >= 15 is 0 Å². The summed E-state index contributed by atoms with van der Waals surface area (Å²) in [5.41, 5.74) is 0.653. The van der Waals surface area contributed by atoms with Crippen molar-refractivity contribution in [2.45, 2.75) is 38.5 Å². The van der Waals surface area contributed by atoms with Crippen LogP contribution in [0.25, 0.3) is 0 Å². The lowest BCUT2D eigenvalue weighted by Gasteiger charge is -2.26. The molecule has 118 valence electrons. The Kier molecular flexibility index (Phi) is 6.81. The number of hydrogen-bond acceptors (Lipinski definition) is 5. The predicted molar refractivity (Wildman–Crippen MR) is 81.2 cm³/mol. The summed E-state index contributed by atoms with van der Waals surface area (Å²) in [4.78, 5) is 11.5. The Hall–Kier alpha value is -1.43. The topological polar surface area (TPSA) is 67.8 Å². The number of benzene rings is 1. The third kappa shape index (κ3) is 6.25. The molecule has 2 N–H and O–H groups in total. The van der Waals surface area contributed by atoms with Gasteiger partial charge in [-0.15, -0.1) is 0 Å². The summed E-state index contributed by atoms with van der Waals surface area (Å²) in [6, 6.07) is 7.23. The molecular weight excluding hydrogens is 270 g/mol. The van der Waals surface area contributed by atoms with Gasteiger partial charge in [-0.2, -0.15) is 0 Å². The van der Waals surface area contributed by atoms with Gasteiger partial charge in [-0.1, -0.05) is 12.1 Å². The van der Waals surface area contributed by atoms with Crippen LogP contribution < -0.4 is 5.32 Å². The van der Waals surface area contributed by atoms with Crippen LogP contribution >= 0.6 is 0 Å². The highest BCUT2D eigenvalue weighted by Gasteiger charge is 2.22. The first-order valence-corrected chi connectivity index (χ1v) is 7.01. The number of ether oxygens (including phenoxy) is 2. The molecule has 2 unspecified atom stereocenters. The SMILES string of the molecule is COC(=O)c1cccc(CNCC(C)(O)CC(C)OC)c1. The number of hydrogen-bond donors (Lipinski definition) is 2. The standard InChI is InChI=1S/C16H25NO4/c1-12(20-3)9-16(2,19)11-17-10-13-6-5-7-14(8-13)15(18)21-4/h5-8,12,17,19H,9-11H2,1-4H3. The van der Waals surface area contributed by atoms with Gasteiger partial charge in [0.25, 0.3) is 0 Å². The first kappa shape index (κ1) is 17.6. The fourth-order valence-corrected chi connectivity index (χ4v) is 2.18. The molecule has 2 atom stereocenters. The molecule has 1 rings (SSSR count). The molecule has 0 radical (unpaired) electrons. The van der Waals surface area contributed by atoms with Crippen molar-refractivity contribution in [2.24, 2.45) is 0 Å². The molecule has 0 aliphatic rings. The molecule has 0 saturated carbocycles. The number of rotatable bonds is 8. The Morgan fingerprint density at radius 2 is 2.14 bits per heavy atom. The smallest absolute Gasteiger partial charge is 0.337 e. The largest absolute Gasteiger partial charge is 0.465 e. The quantitative estimate of drug-likeness (QED) is 0.715. The van der Waals surface area contributed by atoms with Crippen molar-refractivity contribution in [1.82, 2.24) is 5.32 Å². The lowest BCUT2D eigenvalue weighted by Crippen LogP contribution is -2.40. The molecule has 0 aromatic heterocycles. The molecule has 0 fully saturated rings. The second-order valence-electron chi connectivity index (χ2n) is 5.54. The summed E-state index contributed by atoms with van der Waals surface area (Å²) in [6.07, 6.45) is 0.558. The van der Waals surface area contributed by atoms with E-state index in [1.54, 1.807) is 26.2 Å². The van der Waals surface area contributed by atoms with Crippen molar-refractivity contribution in [1.29, 1.82) is 0 Å². The first-order chi connectivity index (χ1) is 9.88. The molecule has 0 aliphatic heterocycles. The van der Waals surface area contributed by atoms with Gasteiger partial charge < -0.3 is 19.9 Å². The van der Waals surface area contributed by atoms with Crippen LogP contribution in [0.2, 0.25) is 0 Å². The average molecular weight is 295 g/mol. The average Bonchev–Trinajstić information content (AvgIpc) is 2.45. The minimum absolute atomic E-state index is 0.00412. The molecule has 5 nitrogen and oxygen atoms in total. The zero-order valence-corrected chi connectivity index (χ0v) is 13.2. The van der Waals surface area contributed by atoms with Crippen molar-refractivity contribution < 1.29 is 19.4 Å². The number of aliphatic hydroxyl groups is 1. The third-order valence-corrected chi connectivity index (χ3v) is 3.31. The van der Waals surface area contributed by atoms with Gasteiger partial charge in [0.05, 0.1) is 24.4 Å². The van der Waals surface area contributed by atoms with Crippen LogP contribution in [0.15, 0.2) is 24.3 Å². The van der Waals surface area contributed by atoms with Gasteiger partial charge in [0.15, 0.2) is 0 Å². The lowest BCUT2D eigenvalue weighted by atomic mass is 9.99. The van der Waals surface area contributed by atoms with Crippen LogP contribution in [-0.2, 0) is 16.0 Å². The van der Waals surface area contributed by atoms with E-state index in [1.165, 1.54) is 7.11 Å². The number of nitrogens with one attached hydrogen (secondary N) is 1. The molecular formula is C16H25NO4. The van der Waals surface area contributed by atoms with E-state index < -0.39 is 5.60 Å². The van der Waals surface area contributed by atoms with Crippen LogP contribution in [-0.4, -0.2) is 43.5 Å². The second kappa shape index (κ2) is 8.12. The maximum atomic E-state index is 11.5. The number of methoxy groups -OCH3 is 2.